The van der Waals surface area contributed by atoms with Crippen molar-refractivity contribution in [3.63, 3.8) is 0 Å². The molecule has 2 atom stereocenters. The molecule has 0 saturated carbocycles. The molecule has 1 aromatic rings. The number of nitrogens with one attached hydrogen (secondary N) is 2. The molecule has 2 N–H and O–H groups in total. The second-order valence-corrected chi connectivity index (χ2v) is 4.49. The number of amides is 1. The second kappa shape index (κ2) is 5.88. The molecule has 15 heavy (non-hydrogen) atoms. The van der Waals surface area contributed by atoms with Gasteiger partial charge in [0.05, 0.1) is 5.92 Å². The van der Waals surface area contributed by atoms with Gasteiger partial charge in [0.25, 0.3) is 0 Å². The Morgan fingerprint density at radius 2 is 2.27 bits per heavy atom. The van der Waals surface area contributed by atoms with Crippen LogP contribution < -0.4 is 10.6 Å². The van der Waals surface area contributed by atoms with E-state index in [4.69, 9.17) is 0 Å². The highest BCUT2D eigenvalue weighted by atomic mass is 32.1. The lowest BCUT2D eigenvalue weighted by Crippen LogP contribution is -2.38. The summed E-state index contributed by atoms with van der Waals surface area (Å²) >= 11 is 1.62. The molecule has 0 aliphatic carbocycles. The molecule has 1 heterocycles. The first-order valence-electron chi connectivity index (χ1n) is 5.12. The van der Waals surface area contributed by atoms with Gasteiger partial charge in [0.2, 0.25) is 5.91 Å². The number of carbonyl (C=O) groups is 1. The highest BCUT2D eigenvalue weighted by Crippen LogP contribution is 2.17. The van der Waals surface area contributed by atoms with E-state index >= 15 is 0 Å². The van der Waals surface area contributed by atoms with Gasteiger partial charge in [0, 0.05) is 12.6 Å². The van der Waals surface area contributed by atoms with Gasteiger partial charge in [-0.2, -0.15) is 11.3 Å². The van der Waals surface area contributed by atoms with E-state index in [1.165, 1.54) is 0 Å². The minimum atomic E-state index is -0.0553. The summed E-state index contributed by atoms with van der Waals surface area (Å²) in [5, 5.41) is 10.0. The van der Waals surface area contributed by atoms with Gasteiger partial charge in [-0.15, -0.1) is 0 Å². The molecule has 0 aliphatic heterocycles. The van der Waals surface area contributed by atoms with Crippen molar-refractivity contribution in [1.29, 1.82) is 0 Å². The second-order valence-electron chi connectivity index (χ2n) is 3.71. The molecule has 1 rings (SSSR count). The Labute approximate surface area is 94.9 Å². The number of thiophene rings is 1. The molecule has 84 valence electrons. The summed E-state index contributed by atoms with van der Waals surface area (Å²) in [5.74, 6) is 0.0378. The van der Waals surface area contributed by atoms with Gasteiger partial charge in [-0.05, 0) is 43.3 Å². The topological polar surface area (TPSA) is 41.1 Å². The fourth-order valence-corrected chi connectivity index (χ4v) is 1.94. The van der Waals surface area contributed by atoms with Gasteiger partial charge in [-0.1, -0.05) is 0 Å². The maximum Gasteiger partial charge on any atom is 0.227 e. The van der Waals surface area contributed by atoms with Crippen molar-refractivity contribution in [3.05, 3.63) is 22.4 Å². The van der Waals surface area contributed by atoms with Crippen molar-refractivity contribution in [2.24, 2.45) is 0 Å². The maximum atomic E-state index is 11.7. The number of hydrogen-bond acceptors (Lipinski definition) is 3. The molecular weight excluding hydrogens is 208 g/mol. The Kier molecular flexibility index (Phi) is 4.78. The fraction of sp³-hybridized carbons (Fsp3) is 0.545. The van der Waals surface area contributed by atoms with E-state index in [2.05, 4.69) is 10.6 Å². The van der Waals surface area contributed by atoms with Crippen LogP contribution in [0.5, 0.6) is 0 Å². The zero-order valence-corrected chi connectivity index (χ0v) is 10.2. The number of rotatable bonds is 5. The summed E-state index contributed by atoms with van der Waals surface area (Å²) in [4.78, 5) is 11.7. The van der Waals surface area contributed by atoms with E-state index in [0.717, 1.165) is 5.56 Å². The van der Waals surface area contributed by atoms with Crippen molar-refractivity contribution >= 4 is 17.2 Å². The molecule has 0 radical (unpaired) electrons. The summed E-state index contributed by atoms with van der Waals surface area (Å²) in [7, 11) is 1.89. The number of hydrogen-bond donors (Lipinski definition) is 2. The molecule has 2 unspecified atom stereocenters. The smallest absolute Gasteiger partial charge is 0.227 e. The van der Waals surface area contributed by atoms with Crippen LogP contribution in [0.4, 0.5) is 0 Å². The predicted molar refractivity (Wildman–Crippen MR) is 64.3 cm³/mol. The van der Waals surface area contributed by atoms with E-state index in [1.807, 2.05) is 37.7 Å². The summed E-state index contributed by atoms with van der Waals surface area (Å²) < 4.78 is 0. The van der Waals surface area contributed by atoms with Crippen LogP contribution in [0, 0.1) is 0 Å². The summed E-state index contributed by atoms with van der Waals surface area (Å²) in [6, 6.07) is 2.31. The minimum Gasteiger partial charge on any atom is -0.354 e. The molecule has 1 aromatic heterocycles. The van der Waals surface area contributed by atoms with Crippen LogP contribution in [0.1, 0.15) is 25.3 Å². The van der Waals surface area contributed by atoms with Crippen LogP contribution in [0.2, 0.25) is 0 Å². The first-order chi connectivity index (χ1) is 7.15. The standard InChI is InChI=1S/C11H18N2OS/c1-8(12-3)6-13-11(14)9(2)10-4-5-15-7-10/h4-5,7-9,12H,6H2,1-3H3,(H,13,14). The fourth-order valence-electron chi connectivity index (χ4n) is 1.18. The lowest BCUT2D eigenvalue weighted by molar-refractivity contribution is -0.122. The lowest BCUT2D eigenvalue weighted by Gasteiger charge is -2.14. The Morgan fingerprint density at radius 1 is 1.53 bits per heavy atom. The zero-order chi connectivity index (χ0) is 11.3. The van der Waals surface area contributed by atoms with E-state index in [-0.39, 0.29) is 11.8 Å². The van der Waals surface area contributed by atoms with E-state index in [0.29, 0.717) is 12.6 Å². The van der Waals surface area contributed by atoms with Gasteiger partial charge in [-0.25, -0.2) is 0 Å². The molecule has 0 fully saturated rings. The predicted octanol–water partition coefficient (Wildman–Crippen LogP) is 1.58. The molecule has 0 saturated heterocycles. The van der Waals surface area contributed by atoms with Crippen molar-refractivity contribution in [3.8, 4) is 0 Å². The summed E-state index contributed by atoms with van der Waals surface area (Å²) in [5.41, 5.74) is 1.09. The average molecular weight is 226 g/mol. The number of carbonyl (C=O) groups excluding carboxylic acids is 1. The Hall–Kier alpha value is -0.870. The normalized spacial score (nSPS) is 14.6. The first kappa shape index (κ1) is 12.2. The average Bonchev–Trinajstić information content (AvgIpc) is 2.77. The third kappa shape index (κ3) is 3.64. The molecule has 1 amide bonds. The van der Waals surface area contributed by atoms with Crippen molar-refractivity contribution < 1.29 is 4.79 Å². The molecule has 4 heteroatoms. The highest BCUT2D eigenvalue weighted by Gasteiger charge is 2.15. The first-order valence-corrected chi connectivity index (χ1v) is 6.06. The van der Waals surface area contributed by atoms with Crippen molar-refractivity contribution in [2.75, 3.05) is 13.6 Å². The van der Waals surface area contributed by atoms with E-state index in [9.17, 15) is 4.79 Å². The molecule has 0 aromatic carbocycles. The van der Waals surface area contributed by atoms with Crippen LogP contribution in [-0.2, 0) is 4.79 Å². The van der Waals surface area contributed by atoms with Crippen LogP contribution in [-0.4, -0.2) is 25.5 Å². The third-order valence-corrected chi connectivity index (χ3v) is 3.21. The van der Waals surface area contributed by atoms with Crippen molar-refractivity contribution in [1.82, 2.24) is 10.6 Å². The molecule has 3 nitrogen and oxygen atoms in total. The summed E-state index contributed by atoms with van der Waals surface area (Å²) in [6.45, 7) is 4.64. The molecular formula is C11H18N2OS. The SMILES string of the molecule is CNC(C)CNC(=O)C(C)c1ccsc1. The quantitative estimate of drug-likeness (QED) is 0.800. The van der Waals surface area contributed by atoms with Gasteiger partial charge in [-0.3, -0.25) is 4.79 Å². The Bertz CT molecular complexity index is 298. The van der Waals surface area contributed by atoms with Crippen LogP contribution >= 0.6 is 11.3 Å². The van der Waals surface area contributed by atoms with Gasteiger partial charge >= 0.3 is 0 Å². The minimum absolute atomic E-state index is 0.0553. The molecule has 0 aliphatic rings. The Morgan fingerprint density at radius 3 is 2.80 bits per heavy atom. The molecule has 0 spiro atoms. The molecule has 0 bridgehead atoms. The van der Waals surface area contributed by atoms with Crippen molar-refractivity contribution in [2.45, 2.75) is 25.8 Å². The summed E-state index contributed by atoms with van der Waals surface area (Å²) in [6.07, 6.45) is 0. The van der Waals surface area contributed by atoms with E-state index < -0.39 is 0 Å². The lowest BCUT2D eigenvalue weighted by atomic mass is 10.0. The largest absolute Gasteiger partial charge is 0.354 e. The Balaban J connectivity index is 2.41. The van der Waals surface area contributed by atoms with Crippen LogP contribution in [0.3, 0.4) is 0 Å². The third-order valence-electron chi connectivity index (χ3n) is 2.51. The van der Waals surface area contributed by atoms with Gasteiger partial charge < -0.3 is 10.6 Å². The van der Waals surface area contributed by atoms with Crippen LogP contribution in [0.15, 0.2) is 16.8 Å². The van der Waals surface area contributed by atoms with E-state index in [1.54, 1.807) is 11.3 Å². The van der Waals surface area contributed by atoms with Crippen LogP contribution in [0.25, 0.3) is 0 Å². The van der Waals surface area contributed by atoms with Gasteiger partial charge in [0.15, 0.2) is 0 Å². The number of likely N-dealkylation sites (N-methyl/N-ethyl adjacent to an activating group) is 1. The zero-order valence-electron chi connectivity index (χ0n) is 9.41. The maximum absolute atomic E-state index is 11.7. The highest BCUT2D eigenvalue weighted by molar-refractivity contribution is 7.08. The monoisotopic (exact) mass is 226 g/mol. The van der Waals surface area contributed by atoms with Gasteiger partial charge in [0.1, 0.15) is 0 Å².